The summed E-state index contributed by atoms with van der Waals surface area (Å²) in [6.45, 7) is 5.90. The van der Waals surface area contributed by atoms with Crippen molar-refractivity contribution in [2.45, 2.75) is 77.7 Å². The molecule has 0 amide bonds. The third-order valence-corrected chi connectivity index (χ3v) is 11.2. The Morgan fingerprint density at radius 2 is 1.12 bits per heavy atom. The van der Waals surface area contributed by atoms with E-state index in [1.165, 1.54) is 70.2 Å². The van der Waals surface area contributed by atoms with E-state index in [2.05, 4.69) is 33.2 Å². The predicted molar refractivity (Wildman–Crippen MR) is 275 cm³/mol. The molecule has 6 aromatic carbocycles. The average molecular weight is 1100 g/mol. The third-order valence-electron chi connectivity index (χ3n) is 11.2. The summed E-state index contributed by atoms with van der Waals surface area (Å²) in [6, 6.07) is 33.3. The molecule has 0 spiro atoms. The molecule has 10 rings (SSSR count). The minimum atomic E-state index is -3.32. The van der Waals surface area contributed by atoms with Crippen LogP contribution in [0.4, 0.5) is 4.39 Å². The summed E-state index contributed by atoms with van der Waals surface area (Å²) in [6.07, 6.45) is -16.3. The van der Waals surface area contributed by atoms with E-state index >= 15 is 4.39 Å². The van der Waals surface area contributed by atoms with Gasteiger partial charge in [0.1, 0.15) is 0 Å². The van der Waals surface area contributed by atoms with Crippen LogP contribution in [0.3, 0.4) is 0 Å². The van der Waals surface area contributed by atoms with Gasteiger partial charge in [0.05, 0.1) is 12.4 Å². The average Bonchev–Trinajstić information content (AvgIpc) is 1.02. The number of fused-ring (bicyclic) bond motifs is 3. The Hall–Kier alpha value is -6.85. The van der Waals surface area contributed by atoms with Gasteiger partial charge in [-0.3, -0.25) is 0 Å². The number of pyridine rings is 3. The van der Waals surface area contributed by atoms with Crippen molar-refractivity contribution in [2.24, 2.45) is 0 Å². The number of halogens is 1. The summed E-state index contributed by atoms with van der Waals surface area (Å²) < 4.78 is 198. The van der Waals surface area contributed by atoms with Gasteiger partial charge in [-0.15, -0.1) is 90.0 Å². The Bertz CT molecular complexity index is 4170. The molecule has 0 fully saturated rings. The van der Waals surface area contributed by atoms with Crippen LogP contribution in [0.25, 0.3) is 66.8 Å². The molecule has 10 aromatic rings. The van der Waals surface area contributed by atoms with E-state index in [0.29, 0.717) is 27.9 Å². The van der Waals surface area contributed by atoms with Crippen LogP contribution in [0.5, 0.6) is 0 Å². The Kier molecular flexibility index (Phi) is 8.98. The molecule has 0 bridgehead atoms. The van der Waals surface area contributed by atoms with Gasteiger partial charge >= 0.3 is 20.1 Å². The summed E-state index contributed by atoms with van der Waals surface area (Å²) in [4.78, 5) is 13.4. The van der Waals surface area contributed by atoms with Gasteiger partial charge in [0.15, 0.2) is 11.4 Å². The molecule has 0 aliphatic carbocycles. The summed E-state index contributed by atoms with van der Waals surface area (Å²) in [5.74, 6) is -4.20. The quantitative estimate of drug-likeness (QED) is 0.0960. The maximum absolute atomic E-state index is 16.6. The van der Waals surface area contributed by atoms with E-state index in [1.54, 1.807) is 54.6 Å². The second kappa shape index (κ2) is 21.2. The second-order valence-electron chi connectivity index (χ2n) is 16.3. The van der Waals surface area contributed by atoms with E-state index in [9.17, 15) is 16.4 Å². The molecule has 342 valence electrons. The topological polar surface area (TPSA) is 51.8 Å². The SMILES string of the molecule is [2H]c1c([2H])c([2H])c(-c2ccc3c(oc4c(-c5ccc(C([2H])([2H])C([2H])([2H])c6cc(C([2H])([2H])C([2H])([2H])c7cnc(-c8[c-]cccc8)cc7C([2H])(C)C)cc(C([2H])([2H])C([2H])([2H])c7cnc(-c8[c-]cccc8)cc7C([2H])(C)C)c6)cn5)[c-]ccc43)c2F)c([2H])c1[2H].[Ir+3]. The Balaban J connectivity index is 0.00000922. The monoisotopic (exact) mass is 1100 g/mol. The molecule has 0 N–H and O–H groups in total. The van der Waals surface area contributed by atoms with Crippen LogP contribution in [0.1, 0.15) is 110 Å². The molecule has 69 heavy (non-hydrogen) atoms. The smallest absolute Gasteiger partial charge is 0.497 e. The van der Waals surface area contributed by atoms with Crippen LogP contribution < -0.4 is 0 Å². The van der Waals surface area contributed by atoms with Gasteiger partial charge in [0.25, 0.3) is 0 Å². The number of nitrogens with zero attached hydrogens (tertiary/aromatic N) is 3. The number of aromatic nitrogens is 3. The first-order valence-electron chi connectivity index (χ1n) is 31.2. The van der Waals surface area contributed by atoms with Crippen LogP contribution in [0.15, 0.2) is 168 Å². The molecule has 6 heteroatoms. The van der Waals surface area contributed by atoms with Gasteiger partial charge in [-0.2, -0.15) is 0 Å². The van der Waals surface area contributed by atoms with Crippen molar-refractivity contribution in [2.75, 3.05) is 0 Å². The van der Waals surface area contributed by atoms with Gasteiger partial charge in [-0.1, -0.05) is 123 Å². The molecule has 0 aliphatic heterocycles. The van der Waals surface area contributed by atoms with Gasteiger partial charge in [-0.05, 0) is 117 Å². The second-order valence-corrected chi connectivity index (χ2v) is 16.3. The molecule has 4 heterocycles. The van der Waals surface area contributed by atoms with Gasteiger partial charge in [-0.25, -0.2) is 4.39 Å². The van der Waals surface area contributed by atoms with E-state index in [4.69, 9.17) is 14.0 Å². The van der Waals surface area contributed by atoms with Crippen LogP contribution in [-0.2, 0) is 58.3 Å². The zero-order chi connectivity index (χ0) is 63.5. The van der Waals surface area contributed by atoms with E-state index in [-0.39, 0.29) is 81.3 Å². The Morgan fingerprint density at radius 3 is 1.65 bits per heavy atom. The normalized spacial score (nSPS) is 17.0. The fraction of sp³-hybridized carbons (Fsp3) is 0.190. The van der Waals surface area contributed by atoms with Crippen LogP contribution in [-0.4, -0.2) is 15.0 Å². The minimum Gasteiger partial charge on any atom is -0.497 e. The molecule has 0 atom stereocenters. The zero-order valence-corrected chi connectivity index (χ0v) is 40.1. The molecule has 0 unspecified atom stereocenters. The standard InChI is InChI=1S/C63H53FN3O.Ir/c1-41(2)56-36-59(48-17-10-6-11-18-48)66-39-50(56)28-25-45-33-44(34-46(35-45)26-29-51-40-67-60(37-57(51)42(3)4)49-19-12-7-13-20-49)24-23-43-27-32-58(65-38-43)55-22-14-21-53-54-31-30-52(47-15-8-5-9-16-47)61(64)63(54)68-62(53)55;/h5-17,19,21,27,30-42H,23-26,28-29H2,1-4H3;/q-3;+3/i5D,8D,9D,15D,16D,23D2,24D2,25D2,26D2,28D2,29D2,41D,42D;. The van der Waals surface area contributed by atoms with Crippen molar-refractivity contribution in [3.63, 3.8) is 0 Å². The molecule has 0 saturated carbocycles. The van der Waals surface area contributed by atoms with Gasteiger partial charge in [0, 0.05) is 48.7 Å². The van der Waals surface area contributed by atoms with Crippen LogP contribution >= 0.6 is 0 Å². The molecule has 4 nitrogen and oxygen atoms in total. The predicted octanol–water partition coefficient (Wildman–Crippen LogP) is 15.6. The first-order chi connectivity index (χ1) is 40.5. The first-order valence-corrected chi connectivity index (χ1v) is 21.7. The molecular formula is C63H53FIrN3O. The largest absolute Gasteiger partial charge is 3.00 e. The van der Waals surface area contributed by atoms with E-state index < -0.39 is 108 Å². The first kappa shape index (κ1) is 29.2. The zero-order valence-electron chi connectivity index (χ0n) is 56.7. The number of hydrogen-bond donors (Lipinski definition) is 0. The number of benzene rings is 6. The van der Waals surface area contributed by atoms with E-state index in [0.717, 1.165) is 36.8 Å². The maximum Gasteiger partial charge on any atom is 3.00 e. The fourth-order valence-electron chi connectivity index (χ4n) is 7.76. The Labute approximate surface area is 445 Å². The fourth-order valence-corrected chi connectivity index (χ4v) is 7.76. The summed E-state index contributed by atoms with van der Waals surface area (Å²) in [5, 5.41) is 0.616. The van der Waals surface area contributed by atoms with E-state index in [1.807, 2.05) is 0 Å². The van der Waals surface area contributed by atoms with Crippen molar-refractivity contribution in [3.05, 3.63) is 233 Å². The maximum atomic E-state index is 16.6. The number of aryl methyl sites for hydroxylation is 6. The molecule has 0 saturated heterocycles. The van der Waals surface area contributed by atoms with Crippen molar-refractivity contribution >= 4 is 21.9 Å². The number of hydrogen-bond acceptors (Lipinski definition) is 4. The number of furan rings is 1. The Morgan fingerprint density at radius 1 is 0.565 bits per heavy atom. The molecular weight excluding hydrogens is 1030 g/mol. The molecule has 0 radical (unpaired) electrons. The van der Waals surface area contributed by atoms with Crippen molar-refractivity contribution < 1.29 is 55.0 Å². The summed E-state index contributed by atoms with van der Waals surface area (Å²) in [7, 11) is 0. The molecule has 0 aliphatic rings. The minimum absolute atomic E-state index is 0. The van der Waals surface area contributed by atoms with Crippen molar-refractivity contribution in [3.8, 4) is 44.9 Å². The number of rotatable bonds is 15. The van der Waals surface area contributed by atoms with Crippen molar-refractivity contribution in [1.82, 2.24) is 15.0 Å². The van der Waals surface area contributed by atoms with Crippen molar-refractivity contribution in [1.29, 1.82) is 0 Å². The van der Waals surface area contributed by atoms with Gasteiger partial charge in [0.2, 0.25) is 0 Å². The molecule has 4 aromatic heterocycles. The van der Waals surface area contributed by atoms with Gasteiger partial charge < -0.3 is 19.4 Å². The summed E-state index contributed by atoms with van der Waals surface area (Å²) >= 11 is 0. The van der Waals surface area contributed by atoms with Crippen LogP contribution in [0.2, 0.25) is 0 Å². The summed E-state index contributed by atoms with van der Waals surface area (Å²) in [5.41, 5.74) is -2.47. The van der Waals surface area contributed by atoms with Crippen LogP contribution in [0, 0.1) is 24.0 Å². The third kappa shape index (κ3) is 10.4.